The minimum absolute atomic E-state index is 0.0178. The lowest BCUT2D eigenvalue weighted by Crippen LogP contribution is -2.34. The Morgan fingerprint density at radius 3 is 2.54 bits per heavy atom. The van der Waals surface area contributed by atoms with Crippen LogP contribution in [-0.4, -0.2) is 40.9 Å². The average Bonchev–Trinajstić information content (AvgIpc) is 2.68. The van der Waals surface area contributed by atoms with E-state index in [9.17, 15) is 14.9 Å². The lowest BCUT2D eigenvalue weighted by atomic mass is 9.89. The molecule has 0 aliphatic carbocycles. The number of nitro groups is 1. The van der Waals surface area contributed by atoms with Crippen LogP contribution in [0.15, 0.2) is 48.5 Å². The van der Waals surface area contributed by atoms with Crippen molar-refractivity contribution in [3.63, 3.8) is 0 Å². The molecule has 1 aliphatic rings. The van der Waals surface area contributed by atoms with Crippen molar-refractivity contribution in [3.05, 3.63) is 64.2 Å². The fourth-order valence-corrected chi connectivity index (χ4v) is 3.70. The van der Waals surface area contributed by atoms with Crippen molar-refractivity contribution in [2.45, 2.75) is 12.8 Å². The van der Waals surface area contributed by atoms with Crippen molar-refractivity contribution < 1.29 is 9.72 Å². The number of carbonyl (C=O) groups is 1. The number of para-hydroxylation sites is 2. The average molecular weight is 398 g/mol. The standard InChI is InChI=1S/C20H22N4O3S/c1-22-11-9-14(10-12-22)19(25)15-5-4-6-16(13-15)23(20(21)28)17-7-2-3-8-18(17)24(26)27/h2-8,13-14H,9-12H2,1H3,(H2,21,28). The minimum atomic E-state index is -0.478. The number of likely N-dealkylation sites (tertiary alicyclic amines) is 1. The first-order valence-corrected chi connectivity index (χ1v) is 9.45. The van der Waals surface area contributed by atoms with Crippen molar-refractivity contribution >= 4 is 40.2 Å². The molecule has 0 unspecified atom stereocenters. The number of ketones is 1. The van der Waals surface area contributed by atoms with Crippen LogP contribution in [0, 0.1) is 16.0 Å². The van der Waals surface area contributed by atoms with Gasteiger partial charge >= 0.3 is 0 Å². The highest BCUT2D eigenvalue weighted by molar-refractivity contribution is 7.80. The van der Waals surface area contributed by atoms with E-state index in [1.54, 1.807) is 42.5 Å². The van der Waals surface area contributed by atoms with E-state index in [2.05, 4.69) is 4.90 Å². The number of anilines is 2. The Kier molecular flexibility index (Phi) is 6.01. The molecule has 2 N–H and O–H groups in total. The van der Waals surface area contributed by atoms with Gasteiger partial charge in [-0.2, -0.15) is 0 Å². The summed E-state index contributed by atoms with van der Waals surface area (Å²) < 4.78 is 0. The Bertz CT molecular complexity index is 910. The zero-order chi connectivity index (χ0) is 20.3. The number of Topliss-reactive ketones (excluding diaryl/α,β-unsaturated/α-hetero) is 1. The molecule has 0 bridgehead atoms. The Balaban J connectivity index is 1.96. The lowest BCUT2D eigenvalue weighted by molar-refractivity contribution is -0.384. The van der Waals surface area contributed by atoms with E-state index < -0.39 is 4.92 Å². The van der Waals surface area contributed by atoms with Gasteiger partial charge in [-0.25, -0.2) is 0 Å². The van der Waals surface area contributed by atoms with Gasteiger partial charge in [0.2, 0.25) is 0 Å². The molecule has 146 valence electrons. The summed E-state index contributed by atoms with van der Waals surface area (Å²) in [6.07, 6.45) is 1.64. The molecule has 28 heavy (non-hydrogen) atoms. The number of thiocarbonyl (C=S) groups is 1. The highest BCUT2D eigenvalue weighted by Gasteiger charge is 2.26. The quantitative estimate of drug-likeness (QED) is 0.357. The summed E-state index contributed by atoms with van der Waals surface area (Å²) in [4.78, 5) is 27.5. The number of rotatable bonds is 5. The third-order valence-electron chi connectivity index (χ3n) is 5.02. The van der Waals surface area contributed by atoms with Crippen molar-refractivity contribution in [1.29, 1.82) is 0 Å². The first kappa shape index (κ1) is 19.9. The van der Waals surface area contributed by atoms with Crippen LogP contribution < -0.4 is 10.6 Å². The Labute approximate surface area is 168 Å². The molecule has 0 aromatic heterocycles. The normalized spacial score (nSPS) is 15.2. The fraction of sp³-hybridized carbons (Fsp3) is 0.300. The number of hydrogen-bond acceptors (Lipinski definition) is 5. The highest BCUT2D eigenvalue weighted by Crippen LogP contribution is 2.34. The second-order valence-corrected chi connectivity index (χ2v) is 7.33. The van der Waals surface area contributed by atoms with E-state index in [-0.39, 0.29) is 28.2 Å². The van der Waals surface area contributed by atoms with Gasteiger partial charge in [0.15, 0.2) is 10.9 Å². The molecule has 1 heterocycles. The molecule has 0 atom stereocenters. The fourth-order valence-electron chi connectivity index (χ4n) is 3.50. The number of nitro benzene ring substituents is 1. The molecule has 0 amide bonds. The molecule has 0 radical (unpaired) electrons. The molecule has 7 nitrogen and oxygen atoms in total. The molecule has 1 saturated heterocycles. The van der Waals surface area contributed by atoms with Gasteiger partial charge < -0.3 is 10.6 Å². The number of benzene rings is 2. The maximum atomic E-state index is 13.0. The van der Waals surface area contributed by atoms with Crippen LogP contribution >= 0.6 is 12.2 Å². The molecule has 2 aromatic rings. The Morgan fingerprint density at radius 1 is 1.21 bits per heavy atom. The molecule has 1 fully saturated rings. The van der Waals surface area contributed by atoms with Gasteiger partial charge in [-0.1, -0.05) is 24.3 Å². The van der Waals surface area contributed by atoms with E-state index in [1.807, 2.05) is 7.05 Å². The minimum Gasteiger partial charge on any atom is -0.376 e. The van der Waals surface area contributed by atoms with E-state index in [0.717, 1.165) is 25.9 Å². The van der Waals surface area contributed by atoms with Crippen LogP contribution in [0.4, 0.5) is 17.1 Å². The van der Waals surface area contributed by atoms with E-state index >= 15 is 0 Å². The Hall–Kier alpha value is -2.84. The summed E-state index contributed by atoms with van der Waals surface area (Å²) in [5, 5.41) is 11.4. The smallest absolute Gasteiger partial charge is 0.293 e. The summed E-state index contributed by atoms with van der Waals surface area (Å²) in [6, 6.07) is 13.2. The predicted molar refractivity (Wildman–Crippen MR) is 113 cm³/mol. The zero-order valence-corrected chi connectivity index (χ0v) is 16.4. The van der Waals surface area contributed by atoms with Crippen LogP contribution in [0.1, 0.15) is 23.2 Å². The van der Waals surface area contributed by atoms with Gasteiger partial charge in [-0.05, 0) is 63.4 Å². The van der Waals surface area contributed by atoms with Crippen molar-refractivity contribution in [2.24, 2.45) is 11.7 Å². The largest absolute Gasteiger partial charge is 0.376 e. The molecule has 1 aliphatic heterocycles. The lowest BCUT2D eigenvalue weighted by Gasteiger charge is -2.28. The molecular weight excluding hydrogens is 376 g/mol. The topological polar surface area (TPSA) is 92.7 Å². The number of nitrogens with two attached hydrogens (primary N) is 1. The summed E-state index contributed by atoms with van der Waals surface area (Å²) in [5.41, 5.74) is 7.15. The first-order chi connectivity index (χ1) is 13.4. The van der Waals surface area contributed by atoms with Gasteiger partial charge in [0.25, 0.3) is 5.69 Å². The maximum Gasteiger partial charge on any atom is 0.293 e. The van der Waals surface area contributed by atoms with Crippen LogP contribution in [0.5, 0.6) is 0 Å². The van der Waals surface area contributed by atoms with Crippen LogP contribution in [0.2, 0.25) is 0 Å². The summed E-state index contributed by atoms with van der Waals surface area (Å²) in [6.45, 7) is 1.79. The molecule has 2 aromatic carbocycles. The first-order valence-electron chi connectivity index (χ1n) is 9.04. The second-order valence-electron chi connectivity index (χ2n) is 6.91. The SMILES string of the molecule is CN1CCC(C(=O)c2cccc(N(C(N)=S)c3ccccc3[N+](=O)[O-])c2)CC1. The zero-order valence-electron chi connectivity index (χ0n) is 15.6. The number of carbonyl (C=O) groups excluding carboxylic acids is 1. The van der Waals surface area contributed by atoms with E-state index in [0.29, 0.717) is 11.3 Å². The molecular formula is C20H22N4O3S. The number of nitrogens with zero attached hydrogens (tertiary/aromatic N) is 3. The summed E-state index contributed by atoms with van der Waals surface area (Å²) in [5.74, 6) is 0.0659. The van der Waals surface area contributed by atoms with Gasteiger partial charge in [0.1, 0.15) is 5.69 Å². The van der Waals surface area contributed by atoms with Crippen molar-refractivity contribution in [1.82, 2.24) is 4.90 Å². The summed E-state index contributed by atoms with van der Waals surface area (Å²) in [7, 11) is 2.05. The van der Waals surface area contributed by atoms with Crippen molar-refractivity contribution in [2.75, 3.05) is 25.0 Å². The van der Waals surface area contributed by atoms with Gasteiger partial charge in [0.05, 0.1) is 4.92 Å². The van der Waals surface area contributed by atoms with Gasteiger partial charge in [-0.3, -0.25) is 19.8 Å². The molecule has 8 heteroatoms. The van der Waals surface area contributed by atoms with Crippen LogP contribution in [0.3, 0.4) is 0 Å². The third-order valence-corrected chi connectivity index (χ3v) is 5.20. The molecule has 0 spiro atoms. The monoisotopic (exact) mass is 398 g/mol. The van der Waals surface area contributed by atoms with Crippen LogP contribution in [0.25, 0.3) is 0 Å². The third kappa shape index (κ3) is 4.18. The number of hydrogen-bond donors (Lipinski definition) is 1. The van der Waals surface area contributed by atoms with Gasteiger partial charge in [0, 0.05) is 23.2 Å². The van der Waals surface area contributed by atoms with Gasteiger partial charge in [-0.15, -0.1) is 0 Å². The second kappa shape index (κ2) is 8.45. The maximum absolute atomic E-state index is 13.0. The summed E-state index contributed by atoms with van der Waals surface area (Å²) >= 11 is 5.16. The highest BCUT2D eigenvalue weighted by atomic mass is 32.1. The van der Waals surface area contributed by atoms with E-state index in [4.69, 9.17) is 18.0 Å². The predicted octanol–water partition coefficient (Wildman–Crippen LogP) is 3.50. The van der Waals surface area contributed by atoms with Crippen LogP contribution in [-0.2, 0) is 0 Å². The van der Waals surface area contributed by atoms with E-state index in [1.165, 1.54) is 11.0 Å². The molecule has 0 saturated carbocycles. The van der Waals surface area contributed by atoms with Crippen molar-refractivity contribution in [3.8, 4) is 0 Å². The number of piperidine rings is 1. The Morgan fingerprint density at radius 2 is 1.89 bits per heavy atom. The molecule has 3 rings (SSSR count).